The molecular formula is C25H43NO4. The van der Waals surface area contributed by atoms with Crippen LogP contribution in [0.15, 0.2) is 0 Å². The first-order valence-electron chi connectivity index (χ1n) is 12.2. The first-order valence-corrected chi connectivity index (χ1v) is 12.2. The Morgan fingerprint density at radius 2 is 1.50 bits per heavy atom. The molecule has 0 spiro atoms. The predicted molar refractivity (Wildman–Crippen MR) is 121 cm³/mol. The Kier molecular flexibility index (Phi) is 15.9. The molecule has 0 saturated heterocycles. The molecule has 1 saturated carbocycles. The van der Waals surface area contributed by atoms with E-state index in [2.05, 4.69) is 18.2 Å². The van der Waals surface area contributed by atoms with E-state index in [0.717, 1.165) is 38.5 Å². The first-order chi connectivity index (χ1) is 14.7. The lowest BCUT2D eigenvalue weighted by Gasteiger charge is -2.29. The minimum absolute atomic E-state index is 0.124. The number of esters is 1. The zero-order valence-corrected chi connectivity index (χ0v) is 19.1. The molecule has 0 aliphatic heterocycles. The summed E-state index contributed by atoms with van der Waals surface area (Å²) < 4.78 is 10.6. The summed E-state index contributed by atoms with van der Waals surface area (Å²) in [6.07, 6.45) is 22.6. The van der Waals surface area contributed by atoms with Crippen LogP contribution in [0.1, 0.15) is 110 Å². The molecule has 0 heterocycles. The van der Waals surface area contributed by atoms with Crippen LogP contribution in [0.25, 0.3) is 0 Å². The van der Waals surface area contributed by atoms with Gasteiger partial charge >= 0.3 is 12.1 Å². The van der Waals surface area contributed by atoms with Crippen LogP contribution in [0.3, 0.4) is 0 Å². The maximum absolute atomic E-state index is 12.6. The number of rotatable bonds is 16. The summed E-state index contributed by atoms with van der Waals surface area (Å²) in [7, 11) is 0. The summed E-state index contributed by atoms with van der Waals surface area (Å²) in [5, 5.41) is 2.73. The molecule has 1 aliphatic rings. The summed E-state index contributed by atoms with van der Waals surface area (Å²) in [4.78, 5) is 24.7. The quantitative estimate of drug-likeness (QED) is 0.184. The fraction of sp³-hybridized carbons (Fsp3) is 0.840. The van der Waals surface area contributed by atoms with E-state index in [0.29, 0.717) is 13.0 Å². The van der Waals surface area contributed by atoms with Crippen LogP contribution in [0.5, 0.6) is 0 Å². The summed E-state index contributed by atoms with van der Waals surface area (Å²) in [6, 6.07) is -0.619. The third-order valence-electron chi connectivity index (χ3n) is 5.87. The van der Waals surface area contributed by atoms with E-state index in [1.807, 2.05) is 0 Å². The largest absolute Gasteiger partial charge is 0.464 e. The number of alkyl carbamates (subject to hydrolysis) is 1. The van der Waals surface area contributed by atoms with Gasteiger partial charge in [0.1, 0.15) is 12.6 Å². The molecule has 1 amide bonds. The number of amides is 1. The molecule has 5 heteroatoms. The molecule has 0 radical (unpaired) electrons. The second kappa shape index (κ2) is 18.1. The zero-order valence-electron chi connectivity index (χ0n) is 19.1. The molecule has 0 aromatic carbocycles. The highest BCUT2D eigenvalue weighted by atomic mass is 16.6. The van der Waals surface area contributed by atoms with Gasteiger partial charge in [0.25, 0.3) is 0 Å². The molecule has 1 rings (SSSR count). The van der Waals surface area contributed by atoms with Gasteiger partial charge in [-0.15, -0.1) is 12.3 Å². The Morgan fingerprint density at radius 1 is 0.900 bits per heavy atom. The van der Waals surface area contributed by atoms with E-state index in [9.17, 15) is 9.59 Å². The van der Waals surface area contributed by atoms with Gasteiger partial charge in [0, 0.05) is 6.42 Å². The highest BCUT2D eigenvalue weighted by Gasteiger charge is 2.32. The Bertz CT molecular complexity index is 494. The van der Waals surface area contributed by atoms with Crippen molar-refractivity contribution in [2.45, 2.75) is 116 Å². The molecule has 1 fully saturated rings. The topological polar surface area (TPSA) is 64.6 Å². The molecule has 5 nitrogen and oxygen atoms in total. The number of unbranched alkanes of at least 4 members (excludes halogenated alkanes) is 9. The van der Waals surface area contributed by atoms with Crippen molar-refractivity contribution in [1.29, 1.82) is 0 Å². The molecule has 1 atom stereocenters. The number of hydrogen-bond donors (Lipinski definition) is 1. The van der Waals surface area contributed by atoms with Gasteiger partial charge < -0.3 is 14.8 Å². The van der Waals surface area contributed by atoms with Gasteiger partial charge in [-0.2, -0.15) is 0 Å². The van der Waals surface area contributed by atoms with Gasteiger partial charge in [-0.25, -0.2) is 9.59 Å². The number of carbonyl (C=O) groups is 2. The number of terminal acetylenes is 1. The van der Waals surface area contributed by atoms with Gasteiger partial charge in [0.05, 0.1) is 6.61 Å². The SMILES string of the molecule is C#CCCOC(=O)NC(C(=O)OCCCCCCCCCCCC)C1CCCCC1. The van der Waals surface area contributed by atoms with Crippen LogP contribution in [-0.4, -0.2) is 31.3 Å². The van der Waals surface area contributed by atoms with Crippen LogP contribution < -0.4 is 5.32 Å². The van der Waals surface area contributed by atoms with Crippen LogP contribution >= 0.6 is 0 Å². The fourth-order valence-electron chi connectivity index (χ4n) is 4.06. The summed E-state index contributed by atoms with van der Waals surface area (Å²) in [6.45, 7) is 2.83. The zero-order chi connectivity index (χ0) is 21.9. The van der Waals surface area contributed by atoms with E-state index in [4.69, 9.17) is 15.9 Å². The molecule has 0 aromatic rings. The van der Waals surface area contributed by atoms with E-state index in [1.165, 1.54) is 57.8 Å². The lowest BCUT2D eigenvalue weighted by molar-refractivity contribution is -0.148. The van der Waals surface area contributed by atoms with E-state index >= 15 is 0 Å². The monoisotopic (exact) mass is 421 g/mol. The van der Waals surface area contributed by atoms with Gasteiger partial charge in [-0.1, -0.05) is 84.0 Å². The number of nitrogens with one attached hydrogen (secondary N) is 1. The molecule has 0 bridgehead atoms. The maximum atomic E-state index is 12.6. The van der Waals surface area contributed by atoms with Crippen molar-refractivity contribution < 1.29 is 19.1 Å². The second-order valence-electron chi connectivity index (χ2n) is 8.46. The number of hydrogen-bond acceptors (Lipinski definition) is 4. The average Bonchev–Trinajstić information content (AvgIpc) is 2.76. The molecule has 1 N–H and O–H groups in total. The Labute approximate surface area is 184 Å². The molecule has 30 heavy (non-hydrogen) atoms. The second-order valence-corrected chi connectivity index (χ2v) is 8.46. The van der Waals surface area contributed by atoms with Crippen molar-refractivity contribution in [3.05, 3.63) is 0 Å². The van der Waals surface area contributed by atoms with Gasteiger partial charge in [0.15, 0.2) is 0 Å². The van der Waals surface area contributed by atoms with Crippen molar-refractivity contribution in [2.75, 3.05) is 13.2 Å². The molecule has 1 unspecified atom stereocenters. The normalized spacial score (nSPS) is 15.2. The predicted octanol–water partition coefficient (Wildman–Crippen LogP) is 6.15. The van der Waals surface area contributed by atoms with E-state index < -0.39 is 12.1 Å². The number of ether oxygens (including phenoxy) is 2. The number of carbonyl (C=O) groups excluding carboxylic acids is 2. The van der Waals surface area contributed by atoms with Gasteiger partial charge in [-0.05, 0) is 25.2 Å². The Hall–Kier alpha value is -1.70. The Morgan fingerprint density at radius 3 is 2.10 bits per heavy atom. The van der Waals surface area contributed by atoms with Crippen molar-refractivity contribution in [1.82, 2.24) is 5.32 Å². The third kappa shape index (κ3) is 12.8. The lowest BCUT2D eigenvalue weighted by atomic mass is 9.84. The summed E-state index contributed by atoms with van der Waals surface area (Å²) in [5.41, 5.74) is 0. The standard InChI is InChI=1S/C25H43NO4/c1-3-5-7-8-9-10-11-12-13-17-21-29-24(27)23(22-18-15-14-16-19-22)26-25(28)30-20-6-4-2/h2,22-23H,3,5-21H2,1H3,(H,26,28). The molecule has 1 aliphatic carbocycles. The van der Waals surface area contributed by atoms with E-state index in [-0.39, 0.29) is 18.5 Å². The highest BCUT2D eigenvalue weighted by molar-refractivity contribution is 5.81. The van der Waals surface area contributed by atoms with E-state index in [1.54, 1.807) is 0 Å². The van der Waals surface area contributed by atoms with Crippen LogP contribution in [-0.2, 0) is 14.3 Å². The van der Waals surface area contributed by atoms with Crippen molar-refractivity contribution in [2.24, 2.45) is 5.92 Å². The fourth-order valence-corrected chi connectivity index (χ4v) is 4.06. The maximum Gasteiger partial charge on any atom is 0.407 e. The van der Waals surface area contributed by atoms with Gasteiger partial charge in [-0.3, -0.25) is 0 Å². The molecule has 0 aromatic heterocycles. The molecular weight excluding hydrogens is 378 g/mol. The van der Waals surface area contributed by atoms with Crippen molar-refractivity contribution >= 4 is 12.1 Å². The van der Waals surface area contributed by atoms with Crippen LogP contribution in [0, 0.1) is 18.3 Å². The average molecular weight is 422 g/mol. The molecule has 172 valence electrons. The van der Waals surface area contributed by atoms with Crippen molar-refractivity contribution in [3.8, 4) is 12.3 Å². The highest BCUT2D eigenvalue weighted by Crippen LogP contribution is 2.27. The minimum atomic E-state index is -0.619. The Balaban J connectivity index is 2.24. The smallest absolute Gasteiger partial charge is 0.407 e. The first kappa shape index (κ1) is 26.3. The summed E-state index contributed by atoms with van der Waals surface area (Å²) in [5.74, 6) is 2.23. The van der Waals surface area contributed by atoms with Crippen molar-refractivity contribution in [3.63, 3.8) is 0 Å². The van der Waals surface area contributed by atoms with Gasteiger partial charge in [0.2, 0.25) is 0 Å². The summed E-state index contributed by atoms with van der Waals surface area (Å²) >= 11 is 0. The minimum Gasteiger partial charge on any atom is -0.464 e. The van der Waals surface area contributed by atoms with Crippen LogP contribution in [0.4, 0.5) is 4.79 Å². The third-order valence-corrected chi connectivity index (χ3v) is 5.87. The lowest BCUT2D eigenvalue weighted by Crippen LogP contribution is -2.47. The van der Waals surface area contributed by atoms with Crippen LogP contribution in [0.2, 0.25) is 0 Å².